The molecule has 0 fully saturated rings. The number of benzene rings is 2. The first-order valence-corrected chi connectivity index (χ1v) is 9.85. The minimum atomic E-state index is -4.44. The van der Waals surface area contributed by atoms with Crippen molar-refractivity contribution in [3.63, 3.8) is 0 Å². The normalized spacial score (nSPS) is 13.5. The number of carbonyl (C=O) groups is 1. The number of nitrogens with one attached hydrogen (secondary N) is 1. The number of anilines is 4. The predicted octanol–water partition coefficient (Wildman–Crippen LogP) is 4.75. The number of aromatic nitrogens is 2. The number of methoxy groups -OCH3 is 2. The molecular weight excluding hydrogens is 439 g/mol. The summed E-state index contributed by atoms with van der Waals surface area (Å²) in [6, 6.07) is 13.3. The smallest absolute Gasteiger partial charge is 0.405 e. The zero-order chi connectivity index (χ0) is 23.6. The highest BCUT2D eigenvalue weighted by molar-refractivity contribution is 6.10. The Kier molecular flexibility index (Phi) is 5.95. The second-order valence-corrected chi connectivity index (χ2v) is 7.11. The van der Waals surface area contributed by atoms with Crippen LogP contribution < -0.4 is 24.6 Å². The lowest BCUT2D eigenvalue weighted by atomic mass is 10.1. The molecule has 0 unspecified atom stereocenters. The summed E-state index contributed by atoms with van der Waals surface area (Å²) in [7, 11) is 3.04. The standard InChI is InChI=1S/C22H20F3N5O3/c1-32-17-8-6-15(7-9-17)29-12-14-11-26-20(27-13-22(23,24)25)28-19(14)30(21(29)31)16-4-3-5-18(10-16)33-2/h3-11H,12-13H2,1-2H3,(H,26,27,28). The zero-order valence-electron chi connectivity index (χ0n) is 17.8. The quantitative estimate of drug-likeness (QED) is 0.573. The molecule has 0 saturated carbocycles. The fraction of sp³-hybridized carbons (Fsp3) is 0.227. The van der Waals surface area contributed by atoms with Crippen LogP contribution in [0.4, 0.5) is 41.1 Å². The molecule has 8 nitrogen and oxygen atoms in total. The molecule has 11 heteroatoms. The summed E-state index contributed by atoms with van der Waals surface area (Å²) in [6.07, 6.45) is -3.02. The molecule has 0 bridgehead atoms. The highest BCUT2D eigenvalue weighted by Gasteiger charge is 2.35. The highest BCUT2D eigenvalue weighted by atomic mass is 19.4. The molecule has 33 heavy (non-hydrogen) atoms. The third-order valence-electron chi connectivity index (χ3n) is 4.95. The maximum absolute atomic E-state index is 13.6. The SMILES string of the molecule is COc1ccc(N2Cc3cnc(NCC(F)(F)F)nc3N(c3cccc(OC)c3)C2=O)cc1. The molecule has 2 heterocycles. The summed E-state index contributed by atoms with van der Waals surface area (Å²) >= 11 is 0. The first-order valence-electron chi connectivity index (χ1n) is 9.85. The van der Waals surface area contributed by atoms with Gasteiger partial charge in [0.2, 0.25) is 5.95 Å². The van der Waals surface area contributed by atoms with Crippen molar-refractivity contribution < 1.29 is 27.4 Å². The lowest BCUT2D eigenvalue weighted by Gasteiger charge is -2.36. The van der Waals surface area contributed by atoms with E-state index in [2.05, 4.69) is 15.3 Å². The van der Waals surface area contributed by atoms with E-state index in [1.165, 1.54) is 23.1 Å². The number of hydrogen-bond acceptors (Lipinski definition) is 6. The summed E-state index contributed by atoms with van der Waals surface area (Å²) in [5.74, 6) is 1.10. The van der Waals surface area contributed by atoms with Crippen molar-refractivity contribution in [2.24, 2.45) is 0 Å². The molecule has 3 aromatic rings. The van der Waals surface area contributed by atoms with E-state index in [0.29, 0.717) is 28.4 Å². The number of carbonyl (C=O) groups excluding carboxylic acids is 1. The van der Waals surface area contributed by atoms with Gasteiger partial charge in [0.1, 0.15) is 18.0 Å². The van der Waals surface area contributed by atoms with Gasteiger partial charge in [-0.05, 0) is 36.4 Å². The molecule has 1 aromatic heterocycles. The summed E-state index contributed by atoms with van der Waals surface area (Å²) in [4.78, 5) is 24.7. The third kappa shape index (κ3) is 4.76. The Balaban J connectivity index is 1.77. The first-order chi connectivity index (χ1) is 15.8. The van der Waals surface area contributed by atoms with E-state index in [9.17, 15) is 18.0 Å². The van der Waals surface area contributed by atoms with Gasteiger partial charge in [-0.1, -0.05) is 6.07 Å². The number of hydrogen-bond donors (Lipinski definition) is 1. The Morgan fingerprint density at radius 1 is 1.03 bits per heavy atom. The second kappa shape index (κ2) is 8.85. The molecule has 2 amide bonds. The van der Waals surface area contributed by atoms with Gasteiger partial charge in [0.25, 0.3) is 0 Å². The first kappa shape index (κ1) is 22.2. The Bertz CT molecular complexity index is 1150. The van der Waals surface area contributed by atoms with Gasteiger partial charge >= 0.3 is 12.2 Å². The zero-order valence-corrected chi connectivity index (χ0v) is 17.8. The van der Waals surface area contributed by atoms with E-state index in [4.69, 9.17) is 9.47 Å². The van der Waals surface area contributed by atoms with E-state index in [0.717, 1.165) is 0 Å². The average Bonchev–Trinajstić information content (AvgIpc) is 2.82. The summed E-state index contributed by atoms with van der Waals surface area (Å²) < 4.78 is 48.4. The number of alkyl halides is 3. The molecule has 0 spiro atoms. The molecule has 1 N–H and O–H groups in total. The Morgan fingerprint density at radius 2 is 1.76 bits per heavy atom. The van der Waals surface area contributed by atoms with Gasteiger partial charge in [0, 0.05) is 23.5 Å². The summed E-state index contributed by atoms with van der Waals surface area (Å²) in [6.45, 7) is -1.16. The van der Waals surface area contributed by atoms with Crippen LogP contribution in [0.2, 0.25) is 0 Å². The second-order valence-electron chi connectivity index (χ2n) is 7.11. The van der Waals surface area contributed by atoms with E-state index in [1.807, 2.05) is 0 Å². The molecule has 172 valence electrons. The van der Waals surface area contributed by atoms with Crippen molar-refractivity contribution in [3.8, 4) is 11.5 Å². The van der Waals surface area contributed by atoms with Crippen LogP contribution in [0.3, 0.4) is 0 Å². The number of ether oxygens (including phenoxy) is 2. The van der Waals surface area contributed by atoms with Crippen LogP contribution in [0.1, 0.15) is 5.56 Å². The van der Waals surface area contributed by atoms with E-state index in [1.54, 1.807) is 55.6 Å². The van der Waals surface area contributed by atoms with Gasteiger partial charge in [-0.3, -0.25) is 4.90 Å². The van der Waals surface area contributed by atoms with Crippen LogP contribution >= 0.6 is 0 Å². The van der Waals surface area contributed by atoms with Crippen molar-refractivity contribution in [2.45, 2.75) is 12.7 Å². The molecule has 0 aliphatic carbocycles. The van der Waals surface area contributed by atoms with Crippen LogP contribution in [-0.4, -0.2) is 42.9 Å². The number of halogens is 3. The molecule has 0 atom stereocenters. The maximum Gasteiger partial charge on any atom is 0.405 e. The van der Waals surface area contributed by atoms with Gasteiger partial charge in [0.05, 0.1) is 26.5 Å². The monoisotopic (exact) mass is 459 g/mol. The maximum atomic E-state index is 13.6. The van der Waals surface area contributed by atoms with Crippen LogP contribution in [0.25, 0.3) is 0 Å². The van der Waals surface area contributed by atoms with E-state index < -0.39 is 18.8 Å². The van der Waals surface area contributed by atoms with Gasteiger partial charge in [-0.15, -0.1) is 0 Å². The van der Waals surface area contributed by atoms with Gasteiger partial charge < -0.3 is 14.8 Å². The van der Waals surface area contributed by atoms with Crippen LogP contribution in [-0.2, 0) is 6.54 Å². The van der Waals surface area contributed by atoms with Gasteiger partial charge in [-0.25, -0.2) is 14.7 Å². The van der Waals surface area contributed by atoms with Crippen molar-refractivity contribution >= 4 is 29.2 Å². The minimum Gasteiger partial charge on any atom is -0.497 e. The Hall–Kier alpha value is -4.02. The fourth-order valence-corrected chi connectivity index (χ4v) is 3.36. The predicted molar refractivity (Wildman–Crippen MR) is 116 cm³/mol. The van der Waals surface area contributed by atoms with Crippen molar-refractivity contribution in [1.29, 1.82) is 0 Å². The van der Waals surface area contributed by atoms with Crippen LogP contribution in [0, 0.1) is 0 Å². The van der Waals surface area contributed by atoms with Crippen molar-refractivity contribution in [1.82, 2.24) is 9.97 Å². The topological polar surface area (TPSA) is 79.8 Å². The molecule has 0 saturated heterocycles. The average molecular weight is 459 g/mol. The van der Waals surface area contributed by atoms with Crippen LogP contribution in [0.15, 0.2) is 54.7 Å². The number of nitrogens with zero attached hydrogens (tertiary/aromatic N) is 4. The number of fused-ring (bicyclic) bond motifs is 1. The molecule has 2 aromatic carbocycles. The third-order valence-corrected chi connectivity index (χ3v) is 4.95. The van der Waals surface area contributed by atoms with Crippen molar-refractivity contribution in [3.05, 3.63) is 60.3 Å². The fourth-order valence-electron chi connectivity index (χ4n) is 3.36. The lowest BCUT2D eigenvalue weighted by Crippen LogP contribution is -2.45. The van der Waals surface area contributed by atoms with E-state index >= 15 is 0 Å². The Morgan fingerprint density at radius 3 is 2.42 bits per heavy atom. The molecule has 4 rings (SSSR count). The Labute approximate surface area is 187 Å². The largest absolute Gasteiger partial charge is 0.497 e. The molecular formula is C22H20F3N5O3. The highest BCUT2D eigenvalue weighted by Crippen LogP contribution is 2.37. The molecule has 1 aliphatic heterocycles. The van der Waals surface area contributed by atoms with Crippen molar-refractivity contribution in [2.75, 3.05) is 35.9 Å². The summed E-state index contributed by atoms with van der Waals surface area (Å²) in [5.41, 5.74) is 1.61. The number of amides is 2. The van der Waals surface area contributed by atoms with Gasteiger partial charge in [-0.2, -0.15) is 18.2 Å². The molecule has 1 aliphatic rings. The number of urea groups is 1. The minimum absolute atomic E-state index is 0.139. The lowest BCUT2D eigenvalue weighted by molar-refractivity contribution is -0.115. The number of rotatable bonds is 6. The van der Waals surface area contributed by atoms with Crippen LogP contribution in [0.5, 0.6) is 11.5 Å². The van der Waals surface area contributed by atoms with E-state index in [-0.39, 0.29) is 18.3 Å². The summed E-state index contributed by atoms with van der Waals surface area (Å²) in [5, 5.41) is 2.16. The molecule has 0 radical (unpaired) electrons. The van der Waals surface area contributed by atoms with Gasteiger partial charge in [0.15, 0.2) is 5.82 Å².